The van der Waals surface area contributed by atoms with Crippen molar-refractivity contribution in [1.82, 2.24) is 9.97 Å². The summed E-state index contributed by atoms with van der Waals surface area (Å²) in [5.74, 6) is 0. The molecule has 0 saturated heterocycles. The molecule has 0 aliphatic carbocycles. The number of hydrogen-bond donors (Lipinski definition) is 2. The van der Waals surface area contributed by atoms with Gasteiger partial charge in [-0.2, -0.15) is 0 Å². The third-order valence-electron chi connectivity index (χ3n) is 3.15. The molecule has 0 aliphatic heterocycles. The van der Waals surface area contributed by atoms with E-state index in [0.717, 1.165) is 16.7 Å². The Bertz CT molecular complexity index is 516. The van der Waals surface area contributed by atoms with Gasteiger partial charge in [0.1, 0.15) is 5.60 Å². The number of halogens is 1. The Labute approximate surface area is 115 Å². The lowest BCUT2D eigenvalue weighted by atomic mass is 9.86. The van der Waals surface area contributed by atoms with Crippen LogP contribution >= 0.6 is 15.9 Å². The third-order valence-corrected chi connectivity index (χ3v) is 3.81. The van der Waals surface area contributed by atoms with Crippen molar-refractivity contribution < 1.29 is 5.11 Å². The van der Waals surface area contributed by atoms with E-state index < -0.39 is 5.60 Å². The number of aryl methyl sites for hydroxylation is 2. The zero-order valence-electron chi connectivity index (χ0n) is 10.7. The summed E-state index contributed by atoms with van der Waals surface area (Å²) in [5.41, 5.74) is 2.73. The highest BCUT2D eigenvalue weighted by atomic mass is 79.9. The van der Waals surface area contributed by atoms with E-state index in [-0.39, 0.29) is 4.83 Å². The highest BCUT2D eigenvalue weighted by Crippen LogP contribution is 2.36. The van der Waals surface area contributed by atoms with Gasteiger partial charge >= 0.3 is 0 Å². The smallest absolute Gasteiger partial charge is 0.143 e. The van der Waals surface area contributed by atoms with E-state index in [1.807, 2.05) is 32.9 Å². The van der Waals surface area contributed by atoms with Crippen LogP contribution in [0, 0.1) is 13.8 Å². The first-order valence-corrected chi connectivity index (χ1v) is 6.80. The first kappa shape index (κ1) is 13.3. The van der Waals surface area contributed by atoms with E-state index in [1.165, 1.54) is 0 Å². The second kappa shape index (κ2) is 4.86. The summed E-state index contributed by atoms with van der Waals surface area (Å²) < 4.78 is 0. The standard InChI is InChI=1S/C14H17BrN2O/c1-9-4-10(2)6-12(5-9)14(18,11(3)15)13-7-16-8-17-13/h4-8,11,18H,1-3H3,(H,16,17). The van der Waals surface area contributed by atoms with Crippen LogP contribution in [-0.2, 0) is 5.60 Å². The van der Waals surface area contributed by atoms with Crippen LogP contribution in [0.3, 0.4) is 0 Å². The maximum Gasteiger partial charge on any atom is 0.143 e. The zero-order chi connectivity index (χ0) is 13.3. The molecule has 0 bridgehead atoms. The predicted octanol–water partition coefficient (Wildman–Crippen LogP) is 3.05. The van der Waals surface area contributed by atoms with Crippen LogP contribution < -0.4 is 0 Å². The van der Waals surface area contributed by atoms with Crippen molar-refractivity contribution in [2.24, 2.45) is 0 Å². The van der Waals surface area contributed by atoms with Crippen molar-refractivity contribution in [2.45, 2.75) is 31.2 Å². The summed E-state index contributed by atoms with van der Waals surface area (Å²) >= 11 is 3.51. The van der Waals surface area contributed by atoms with E-state index >= 15 is 0 Å². The molecule has 2 atom stereocenters. The molecule has 1 aromatic carbocycles. The molecule has 2 unspecified atom stereocenters. The van der Waals surface area contributed by atoms with Gasteiger partial charge in [-0.05, 0) is 26.3 Å². The predicted molar refractivity (Wildman–Crippen MR) is 75.9 cm³/mol. The van der Waals surface area contributed by atoms with Gasteiger partial charge in [-0.3, -0.25) is 0 Å². The Hall–Kier alpha value is -1.13. The molecule has 2 N–H and O–H groups in total. The number of alkyl halides is 1. The van der Waals surface area contributed by atoms with Crippen molar-refractivity contribution in [3.8, 4) is 0 Å². The number of nitrogens with one attached hydrogen (secondary N) is 1. The Morgan fingerprint density at radius 2 is 1.89 bits per heavy atom. The minimum Gasteiger partial charge on any atom is -0.378 e. The second-order valence-electron chi connectivity index (χ2n) is 4.72. The van der Waals surface area contributed by atoms with E-state index in [4.69, 9.17) is 0 Å². The number of aromatic amines is 1. The molecule has 96 valence electrons. The summed E-state index contributed by atoms with van der Waals surface area (Å²) in [6.45, 7) is 5.99. The van der Waals surface area contributed by atoms with Gasteiger partial charge in [-0.15, -0.1) is 0 Å². The second-order valence-corrected chi connectivity index (χ2v) is 6.10. The van der Waals surface area contributed by atoms with E-state index in [9.17, 15) is 5.11 Å². The molecule has 0 amide bonds. The van der Waals surface area contributed by atoms with E-state index in [2.05, 4.69) is 32.0 Å². The van der Waals surface area contributed by atoms with Gasteiger partial charge in [-0.1, -0.05) is 45.3 Å². The maximum atomic E-state index is 11.1. The Morgan fingerprint density at radius 3 is 2.33 bits per heavy atom. The van der Waals surface area contributed by atoms with Gasteiger partial charge in [0.25, 0.3) is 0 Å². The quantitative estimate of drug-likeness (QED) is 0.856. The lowest BCUT2D eigenvalue weighted by Crippen LogP contribution is -2.36. The Balaban J connectivity index is 2.61. The Morgan fingerprint density at radius 1 is 1.28 bits per heavy atom. The van der Waals surface area contributed by atoms with Gasteiger partial charge in [0.2, 0.25) is 0 Å². The normalized spacial score (nSPS) is 16.3. The molecular formula is C14H17BrN2O. The molecule has 0 saturated carbocycles. The number of hydrogen-bond acceptors (Lipinski definition) is 2. The lowest BCUT2D eigenvalue weighted by Gasteiger charge is -2.31. The third kappa shape index (κ3) is 2.22. The average molecular weight is 309 g/mol. The average Bonchev–Trinajstić information content (AvgIpc) is 2.79. The monoisotopic (exact) mass is 308 g/mol. The summed E-state index contributed by atoms with van der Waals surface area (Å²) in [6, 6.07) is 6.10. The van der Waals surface area contributed by atoms with Gasteiger partial charge in [0, 0.05) is 0 Å². The molecule has 18 heavy (non-hydrogen) atoms. The van der Waals surface area contributed by atoms with Crippen LogP contribution in [0.25, 0.3) is 0 Å². The minimum absolute atomic E-state index is 0.133. The zero-order valence-corrected chi connectivity index (χ0v) is 12.3. The topological polar surface area (TPSA) is 48.9 Å². The number of H-pyrrole nitrogens is 1. The molecule has 0 aliphatic rings. The SMILES string of the molecule is Cc1cc(C)cc(C(O)(c2cnc[nH]2)C(C)Br)c1. The van der Waals surface area contributed by atoms with Gasteiger partial charge < -0.3 is 10.1 Å². The summed E-state index contributed by atoms with van der Waals surface area (Å²) in [7, 11) is 0. The Kier molecular flexibility index (Phi) is 3.59. The molecule has 0 fully saturated rings. The first-order valence-electron chi connectivity index (χ1n) is 5.88. The minimum atomic E-state index is -1.10. The van der Waals surface area contributed by atoms with Crippen LogP contribution in [-0.4, -0.2) is 19.9 Å². The highest BCUT2D eigenvalue weighted by Gasteiger charge is 2.38. The number of rotatable bonds is 3. The molecule has 3 nitrogen and oxygen atoms in total. The van der Waals surface area contributed by atoms with Crippen LogP contribution in [0.15, 0.2) is 30.7 Å². The van der Waals surface area contributed by atoms with Crippen LogP contribution in [0.4, 0.5) is 0 Å². The molecule has 4 heteroatoms. The fourth-order valence-corrected chi connectivity index (χ4v) is 2.77. The molecule has 0 spiro atoms. The van der Waals surface area contributed by atoms with Crippen LogP contribution in [0.2, 0.25) is 0 Å². The number of aromatic nitrogens is 2. The van der Waals surface area contributed by atoms with Crippen LogP contribution in [0.5, 0.6) is 0 Å². The maximum absolute atomic E-state index is 11.1. The van der Waals surface area contributed by atoms with Crippen LogP contribution in [0.1, 0.15) is 29.3 Å². The first-order chi connectivity index (χ1) is 8.44. The van der Waals surface area contributed by atoms with E-state index in [0.29, 0.717) is 5.69 Å². The van der Waals surface area contributed by atoms with Crippen molar-refractivity contribution in [3.63, 3.8) is 0 Å². The van der Waals surface area contributed by atoms with Crippen molar-refractivity contribution in [1.29, 1.82) is 0 Å². The largest absolute Gasteiger partial charge is 0.378 e. The number of imidazole rings is 1. The molecular weight excluding hydrogens is 292 g/mol. The van der Waals surface area contributed by atoms with Crippen molar-refractivity contribution >= 4 is 15.9 Å². The number of nitrogens with zero attached hydrogens (tertiary/aromatic N) is 1. The molecule has 1 heterocycles. The molecule has 2 aromatic rings. The fraction of sp³-hybridized carbons (Fsp3) is 0.357. The summed E-state index contributed by atoms with van der Waals surface area (Å²) in [6.07, 6.45) is 3.24. The molecule has 1 aromatic heterocycles. The van der Waals surface area contributed by atoms with Crippen molar-refractivity contribution in [2.75, 3.05) is 0 Å². The summed E-state index contributed by atoms with van der Waals surface area (Å²) in [5, 5.41) is 11.1. The fourth-order valence-electron chi connectivity index (χ4n) is 2.26. The van der Waals surface area contributed by atoms with Gasteiger partial charge in [-0.25, -0.2) is 4.98 Å². The summed E-state index contributed by atoms with van der Waals surface area (Å²) in [4.78, 5) is 6.88. The molecule has 0 radical (unpaired) electrons. The molecule has 2 rings (SSSR count). The lowest BCUT2D eigenvalue weighted by molar-refractivity contribution is 0.0802. The highest BCUT2D eigenvalue weighted by molar-refractivity contribution is 9.09. The van der Waals surface area contributed by atoms with Gasteiger partial charge in [0.05, 0.1) is 23.0 Å². The van der Waals surface area contributed by atoms with E-state index in [1.54, 1.807) is 12.5 Å². The number of aliphatic hydroxyl groups is 1. The van der Waals surface area contributed by atoms with Gasteiger partial charge in [0.15, 0.2) is 0 Å². The van der Waals surface area contributed by atoms with Crippen molar-refractivity contribution in [3.05, 3.63) is 53.1 Å². The number of benzene rings is 1.